The molecule has 0 saturated carbocycles. The van der Waals surface area contributed by atoms with E-state index in [1.165, 1.54) is 18.7 Å². The number of esters is 2. The van der Waals surface area contributed by atoms with Crippen molar-refractivity contribution in [2.45, 2.75) is 39.0 Å². The van der Waals surface area contributed by atoms with Gasteiger partial charge in [0.2, 0.25) is 0 Å². The topological polar surface area (TPSA) is 91.4 Å². The lowest BCUT2D eigenvalue weighted by molar-refractivity contribution is -0.162. The Labute approximate surface area is 152 Å². The summed E-state index contributed by atoms with van der Waals surface area (Å²) < 4.78 is 21.0. The maximum absolute atomic E-state index is 12.4. The van der Waals surface area contributed by atoms with E-state index in [0.717, 1.165) is 0 Å². The van der Waals surface area contributed by atoms with Crippen molar-refractivity contribution in [2.24, 2.45) is 0 Å². The number of hydrogen-bond acceptors (Lipinski definition) is 7. The molecule has 1 amide bonds. The Morgan fingerprint density at radius 3 is 2.19 bits per heavy atom. The molecular formula is C18H23NO7. The first-order valence-electron chi connectivity index (χ1n) is 8.29. The minimum atomic E-state index is -0.839. The van der Waals surface area contributed by atoms with E-state index in [0.29, 0.717) is 11.3 Å². The molecule has 2 rings (SSSR count). The zero-order chi connectivity index (χ0) is 19.3. The van der Waals surface area contributed by atoms with Gasteiger partial charge < -0.3 is 18.9 Å². The van der Waals surface area contributed by atoms with E-state index in [1.54, 1.807) is 38.3 Å². The van der Waals surface area contributed by atoms with E-state index >= 15 is 0 Å². The number of nitrogens with zero attached hydrogens (tertiary/aromatic N) is 1. The minimum absolute atomic E-state index is 0.0626. The van der Waals surface area contributed by atoms with Gasteiger partial charge in [-0.3, -0.25) is 14.5 Å². The lowest BCUT2D eigenvalue weighted by Gasteiger charge is -2.27. The van der Waals surface area contributed by atoms with Crippen LogP contribution in [0.5, 0.6) is 5.75 Å². The molecule has 3 atom stereocenters. The number of rotatable bonds is 5. The fraction of sp³-hybridized carbons (Fsp3) is 0.500. The smallest absolute Gasteiger partial charge is 0.410 e. The fourth-order valence-corrected chi connectivity index (χ4v) is 3.01. The first-order valence-corrected chi connectivity index (χ1v) is 8.29. The van der Waals surface area contributed by atoms with Crippen molar-refractivity contribution in [3.63, 3.8) is 0 Å². The Bertz CT molecular complexity index is 658. The highest BCUT2D eigenvalue weighted by atomic mass is 16.6. The molecule has 0 radical (unpaired) electrons. The van der Waals surface area contributed by atoms with Crippen LogP contribution in [0.15, 0.2) is 24.3 Å². The highest BCUT2D eigenvalue weighted by Crippen LogP contribution is 2.37. The first kappa shape index (κ1) is 19.6. The summed E-state index contributed by atoms with van der Waals surface area (Å²) in [5.41, 5.74) is 0.708. The van der Waals surface area contributed by atoms with Gasteiger partial charge in [0.05, 0.1) is 20.3 Å². The molecule has 1 fully saturated rings. The van der Waals surface area contributed by atoms with Crippen molar-refractivity contribution in [3.05, 3.63) is 29.8 Å². The van der Waals surface area contributed by atoms with Crippen LogP contribution in [0.25, 0.3) is 0 Å². The number of carbonyl (C=O) groups excluding carboxylic acids is 3. The van der Waals surface area contributed by atoms with Crippen LogP contribution in [-0.2, 0) is 23.8 Å². The Morgan fingerprint density at radius 2 is 1.69 bits per heavy atom. The summed E-state index contributed by atoms with van der Waals surface area (Å²) in [6.07, 6.45) is -2.19. The van der Waals surface area contributed by atoms with Crippen molar-refractivity contribution >= 4 is 18.0 Å². The van der Waals surface area contributed by atoms with Gasteiger partial charge in [-0.05, 0) is 24.6 Å². The van der Waals surface area contributed by atoms with Crippen LogP contribution in [0, 0.1) is 0 Å². The quantitative estimate of drug-likeness (QED) is 0.583. The number of likely N-dealkylation sites (tertiary alicyclic amines) is 1. The molecule has 0 aromatic heterocycles. The molecule has 1 saturated heterocycles. The Balaban J connectivity index is 2.42. The van der Waals surface area contributed by atoms with Gasteiger partial charge in [0.25, 0.3) is 0 Å². The molecule has 8 heteroatoms. The SMILES string of the molecule is CCOC(=O)N1C[C@@H](OC(C)=O)[C@@H](OC(C)=O)[C@@H]1c1ccc(OC)cc1. The van der Waals surface area contributed by atoms with E-state index in [4.69, 9.17) is 18.9 Å². The number of carbonyl (C=O) groups is 3. The summed E-state index contributed by atoms with van der Waals surface area (Å²) in [6, 6.07) is 6.36. The zero-order valence-corrected chi connectivity index (χ0v) is 15.3. The summed E-state index contributed by atoms with van der Waals surface area (Å²) in [7, 11) is 1.55. The average molecular weight is 365 g/mol. The minimum Gasteiger partial charge on any atom is -0.497 e. The zero-order valence-electron chi connectivity index (χ0n) is 15.3. The van der Waals surface area contributed by atoms with Crippen LogP contribution in [0.3, 0.4) is 0 Å². The molecule has 8 nitrogen and oxygen atoms in total. The normalized spacial score (nSPS) is 21.8. The third-order valence-electron chi connectivity index (χ3n) is 3.97. The lowest BCUT2D eigenvalue weighted by atomic mass is 10.0. The number of hydrogen-bond donors (Lipinski definition) is 0. The van der Waals surface area contributed by atoms with Gasteiger partial charge in [0, 0.05) is 13.8 Å². The lowest BCUT2D eigenvalue weighted by Crippen LogP contribution is -2.35. The molecular weight excluding hydrogens is 342 g/mol. The molecule has 0 aliphatic carbocycles. The molecule has 1 aromatic rings. The van der Waals surface area contributed by atoms with Crippen LogP contribution in [0.1, 0.15) is 32.4 Å². The monoisotopic (exact) mass is 365 g/mol. The third kappa shape index (κ3) is 4.44. The second kappa shape index (κ2) is 8.55. The number of methoxy groups -OCH3 is 1. The van der Waals surface area contributed by atoms with E-state index in [9.17, 15) is 14.4 Å². The van der Waals surface area contributed by atoms with Gasteiger partial charge in [0.1, 0.15) is 11.8 Å². The second-order valence-corrected chi connectivity index (χ2v) is 5.79. The molecule has 1 aliphatic heterocycles. The van der Waals surface area contributed by atoms with Crippen molar-refractivity contribution in [2.75, 3.05) is 20.3 Å². The van der Waals surface area contributed by atoms with Gasteiger partial charge >= 0.3 is 18.0 Å². The molecule has 0 N–H and O–H groups in total. The Kier molecular flexibility index (Phi) is 6.43. The predicted octanol–water partition coefficient (Wildman–Crippen LogP) is 2.07. The Morgan fingerprint density at radius 1 is 1.08 bits per heavy atom. The molecule has 0 unspecified atom stereocenters. The van der Waals surface area contributed by atoms with Gasteiger partial charge in [-0.25, -0.2) is 4.79 Å². The maximum Gasteiger partial charge on any atom is 0.410 e. The standard InChI is InChI=1S/C18H23NO7/c1-5-24-18(22)19-10-15(25-11(2)20)17(26-12(3)21)16(19)13-6-8-14(23-4)9-7-13/h6-9,15-17H,5,10H2,1-4H3/t15-,16+,17-/m1/s1. The number of amides is 1. The van der Waals surface area contributed by atoms with Crippen LogP contribution in [-0.4, -0.2) is 55.4 Å². The number of benzene rings is 1. The summed E-state index contributed by atoms with van der Waals surface area (Å²) in [5, 5.41) is 0. The van der Waals surface area contributed by atoms with Crippen molar-refractivity contribution in [3.8, 4) is 5.75 Å². The van der Waals surface area contributed by atoms with Crippen molar-refractivity contribution in [1.82, 2.24) is 4.90 Å². The molecule has 142 valence electrons. The molecule has 1 heterocycles. The summed E-state index contributed by atoms with van der Waals surface area (Å²) in [6.45, 7) is 4.49. The van der Waals surface area contributed by atoms with Crippen LogP contribution < -0.4 is 4.74 Å². The van der Waals surface area contributed by atoms with Crippen LogP contribution in [0.2, 0.25) is 0 Å². The van der Waals surface area contributed by atoms with Crippen molar-refractivity contribution < 1.29 is 33.3 Å². The van der Waals surface area contributed by atoms with Crippen LogP contribution in [0.4, 0.5) is 4.79 Å². The third-order valence-corrected chi connectivity index (χ3v) is 3.97. The maximum atomic E-state index is 12.4. The van der Waals surface area contributed by atoms with Crippen molar-refractivity contribution in [1.29, 1.82) is 0 Å². The van der Waals surface area contributed by atoms with Crippen LogP contribution >= 0.6 is 0 Å². The van der Waals surface area contributed by atoms with E-state index in [1.807, 2.05) is 0 Å². The second-order valence-electron chi connectivity index (χ2n) is 5.79. The van der Waals surface area contributed by atoms with E-state index in [2.05, 4.69) is 0 Å². The molecule has 0 spiro atoms. The fourth-order valence-electron chi connectivity index (χ4n) is 3.01. The van der Waals surface area contributed by atoms with Gasteiger partial charge in [-0.2, -0.15) is 0 Å². The largest absolute Gasteiger partial charge is 0.497 e. The Hall–Kier alpha value is -2.77. The highest BCUT2D eigenvalue weighted by molar-refractivity contribution is 5.71. The van der Waals surface area contributed by atoms with Gasteiger partial charge in [-0.15, -0.1) is 0 Å². The predicted molar refractivity (Wildman–Crippen MR) is 90.6 cm³/mol. The summed E-state index contributed by atoms with van der Waals surface area (Å²) >= 11 is 0. The van der Waals surface area contributed by atoms with E-state index in [-0.39, 0.29) is 13.2 Å². The summed E-state index contributed by atoms with van der Waals surface area (Å²) in [5.74, 6) is -0.405. The molecule has 26 heavy (non-hydrogen) atoms. The first-order chi connectivity index (χ1) is 12.4. The number of ether oxygens (including phenoxy) is 4. The summed E-state index contributed by atoms with van der Waals surface area (Å²) in [4.78, 5) is 36.9. The van der Waals surface area contributed by atoms with Gasteiger partial charge in [-0.1, -0.05) is 12.1 Å². The molecule has 1 aromatic carbocycles. The van der Waals surface area contributed by atoms with E-state index < -0.39 is 36.3 Å². The van der Waals surface area contributed by atoms with Gasteiger partial charge in [0.15, 0.2) is 12.2 Å². The molecule has 0 bridgehead atoms. The molecule has 1 aliphatic rings. The average Bonchev–Trinajstić information content (AvgIpc) is 2.92. The highest BCUT2D eigenvalue weighted by Gasteiger charge is 2.49.